The van der Waals surface area contributed by atoms with E-state index in [4.69, 9.17) is 4.74 Å². The van der Waals surface area contributed by atoms with Gasteiger partial charge in [0.25, 0.3) is 5.91 Å². The SMILES string of the molecule is CC(C)(NC(=O)OCc1ccc(F)cc1)c1ccc(C(=O)Nc2ccccc2O)cc1. The van der Waals surface area contributed by atoms with E-state index in [-0.39, 0.29) is 24.1 Å². The molecule has 0 aliphatic carbocycles. The predicted molar refractivity (Wildman–Crippen MR) is 115 cm³/mol. The van der Waals surface area contributed by atoms with Gasteiger partial charge in [-0.05, 0) is 61.4 Å². The van der Waals surface area contributed by atoms with Crippen molar-refractivity contribution < 1.29 is 23.8 Å². The summed E-state index contributed by atoms with van der Waals surface area (Å²) >= 11 is 0. The van der Waals surface area contributed by atoms with Crippen molar-refractivity contribution in [2.24, 2.45) is 0 Å². The average Bonchev–Trinajstić information content (AvgIpc) is 2.75. The van der Waals surface area contributed by atoms with Gasteiger partial charge >= 0.3 is 6.09 Å². The van der Waals surface area contributed by atoms with Crippen LogP contribution in [0.4, 0.5) is 14.9 Å². The van der Waals surface area contributed by atoms with Crippen molar-refractivity contribution >= 4 is 17.7 Å². The molecule has 0 heterocycles. The van der Waals surface area contributed by atoms with Crippen molar-refractivity contribution in [3.63, 3.8) is 0 Å². The number of benzene rings is 3. The van der Waals surface area contributed by atoms with Crippen molar-refractivity contribution in [1.29, 1.82) is 0 Å². The topological polar surface area (TPSA) is 87.7 Å². The van der Waals surface area contributed by atoms with Crippen LogP contribution in [0.2, 0.25) is 0 Å². The summed E-state index contributed by atoms with van der Waals surface area (Å²) in [7, 11) is 0. The molecule has 2 amide bonds. The summed E-state index contributed by atoms with van der Waals surface area (Å²) in [6.07, 6.45) is -0.615. The summed E-state index contributed by atoms with van der Waals surface area (Å²) in [5.74, 6) is -0.735. The Morgan fingerprint density at radius 3 is 2.26 bits per heavy atom. The summed E-state index contributed by atoms with van der Waals surface area (Å²) in [4.78, 5) is 24.6. The van der Waals surface area contributed by atoms with Gasteiger partial charge in [-0.1, -0.05) is 36.4 Å². The monoisotopic (exact) mass is 422 g/mol. The summed E-state index contributed by atoms with van der Waals surface area (Å²) in [6, 6.07) is 18.9. The third-order valence-electron chi connectivity index (χ3n) is 4.72. The molecule has 0 unspecified atom stereocenters. The van der Waals surface area contributed by atoms with Crippen molar-refractivity contribution in [2.45, 2.75) is 26.0 Å². The van der Waals surface area contributed by atoms with E-state index < -0.39 is 11.6 Å². The van der Waals surface area contributed by atoms with Gasteiger partial charge in [-0.25, -0.2) is 9.18 Å². The average molecular weight is 422 g/mol. The van der Waals surface area contributed by atoms with E-state index in [1.807, 2.05) is 13.8 Å². The number of nitrogens with one attached hydrogen (secondary N) is 2. The molecule has 0 saturated heterocycles. The van der Waals surface area contributed by atoms with Crippen LogP contribution in [0.1, 0.15) is 35.3 Å². The van der Waals surface area contributed by atoms with Crippen molar-refractivity contribution in [3.05, 3.63) is 95.3 Å². The largest absolute Gasteiger partial charge is 0.506 e. The van der Waals surface area contributed by atoms with Crippen LogP contribution in [-0.2, 0) is 16.9 Å². The number of carbonyl (C=O) groups is 2. The maximum atomic E-state index is 12.9. The number of hydrogen-bond acceptors (Lipinski definition) is 4. The number of phenolic OH excluding ortho intramolecular Hbond substituents is 1. The van der Waals surface area contributed by atoms with Gasteiger partial charge in [-0.2, -0.15) is 0 Å². The number of anilines is 1. The molecule has 3 aromatic rings. The van der Waals surface area contributed by atoms with Crippen LogP contribution >= 0.6 is 0 Å². The number of phenols is 1. The minimum atomic E-state index is -0.757. The van der Waals surface area contributed by atoms with Gasteiger partial charge < -0.3 is 20.5 Å². The Labute approximate surface area is 179 Å². The Morgan fingerprint density at radius 1 is 0.968 bits per heavy atom. The Bertz CT molecular complexity index is 1060. The van der Waals surface area contributed by atoms with E-state index >= 15 is 0 Å². The van der Waals surface area contributed by atoms with Gasteiger partial charge in [-0.15, -0.1) is 0 Å². The maximum Gasteiger partial charge on any atom is 0.408 e. The van der Waals surface area contributed by atoms with Crippen molar-refractivity contribution in [2.75, 3.05) is 5.32 Å². The molecule has 0 saturated carbocycles. The molecule has 3 N–H and O–H groups in total. The first-order chi connectivity index (χ1) is 14.7. The number of rotatable bonds is 6. The first kappa shape index (κ1) is 21.8. The van der Waals surface area contributed by atoms with Crippen LogP contribution in [0.5, 0.6) is 5.75 Å². The highest BCUT2D eigenvalue weighted by Crippen LogP contribution is 2.24. The first-order valence-electron chi connectivity index (χ1n) is 9.64. The Hall–Kier alpha value is -3.87. The molecule has 7 heteroatoms. The predicted octanol–water partition coefficient (Wildman–Crippen LogP) is 4.95. The Kier molecular flexibility index (Phi) is 6.55. The summed E-state index contributed by atoms with van der Waals surface area (Å²) in [5.41, 5.74) is 1.41. The van der Waals surface area contributed by atoms with E-state index in [9.17, 15) is 19.1 Å². The third kappa shape index (κ3) is 5.82. The molecular weight excluding hydrogens is 399 g/mol. The molecule has 0 fully saturated rings. The van der Waals surface area contributed by atoms with Crippen molar-refractivity contribution in [3.8, 4) is 5.75 Å². The lowest BCUT2D eigenvalue weighted by Gasteiger charge is -2.26. The normalized spacial score (nSPS) is 10.9. The molecule has 0 radical (unpaired) electrons. The number of carbonyl (C=O) groups excluding carboxylic acids is 2. The summed E-state index contributed by atoms with van der Waals surface area (Å²) < 4.78 is 18.1. The highest BCUT2D eigenvalue weighted by Gasteiger charge is 2.24. The van der Waals surface area contributed by atoms with E-state index in [2.05, 4.69) is 10.6 Å². The van der Waals surface area contributed by atoms with Crippen molar-refractivity contribution in [1.82, 2.24) is 5.32 Å². The van der Waals surface area contributed by atoms with Crippen LogP contribution in [-0.4, -0.2) is 17.1 Å². The molecule has 6 nitrogen and oxygen atoms in total. The van der Waals surface area contributed by atoms with E-state index in [0.717, 1.165) is 5.56 Å². The molecule has 0 aromatic heterocycles. The number of aromatic hydroxyl groups is 1. The van der Waals surface area contributed by atoms with E-state index in [1.54, 1.807) is 54.6 Å². The first-order valence-corrected chi connectivity index (χ1v) is 9.64. The summed E-state index contributed by atoms with van der Waals surface area (Å²) in [5, 5.41) is 15.2. The van der Waals surface area contributed by atoms with Crippen LogP contribution in [0.25, 0.3) is 0 Å². The maximum absolute atomic E-state index is 12.9. The molecule has 0 bridgehead atoms. The quantitative estimate of drug-likeness (QED) is 0.491. The van der Waals surface area contributed by atoms with Crippen LogP contribution < -0.4 is 10.6 Å². The number of para-hydroxylation sites is 2. The lowest BCUT2D eigenvalue weighted by Crippen LogP contribution is -2.41. The number of halogens is 1. The van der Waals surface area contributed by atoms with Gasteiger partial charge in [0.2, 0.25) is 0 Å². The van der Waals surface area contributed by atoms with E-state index in [1.165, 1.54) is 18.2 Å². The molecule has 31 heavy (non-hydrogen) atoms. The zero-order chi connectivity index (χ0) is 22.4. The number of alkyl carbamates (subject to hydrolysis) is 1. The third-order valence-corrected chi connectivity index (χ3v) is 4.72. The number of ether oxygens (including phenoxy) is 1. The highest BCUT2D eigenvalue weighted by molar-refractivity contribution is 6.05. The lowest BCUT2D eigenvalue weighted by atomic mass is 9.93. The number of hydrogen-bond donors (Lipinski definition) is 3. The fraction of sp³-hybridized carbons (Fsp3) is 0.167. The molecule has 160 valence electrons. The Morgan fingerprint density at radius 2 is 1.61 bits per heavy atom. The molecule has 0 aliphatic rings. The van der Waals surface area contributed by atoms with Gasteiger partial charge in [0.1, 0.15) is 18.2 Å². The number of amides is 2. The minimum absolute atomic E-state index is 0.0167. The smallest absolute Gasteiger partial charge is 0.408 e. The second-order valence-corrected chi connectivity index (χ2v) is 7.50. The van der Waals surface area contributed by atoms with Crippen LogP contribution in [0, 0.1) is 5.82 Å². The highest BCUT2D eigenvalue weighted by atomic mass is 19.1. The molecular formula is C24H23FN2O4. The minimum Gasteiger partial charge on any atom is -0.506 e. The zero-order valence-electron chi connectivity index (χ0n) is 17.2. The molecule has 0 atom stereocenters. The van der Waals surface area contributed by atoms with Crippen LogP contribution in [0.15, 0.2) is 72.8 Å². The summed E-state index contributed by atoms with van der Waals surface area (Å²) in [6.45, 7) is 3.64. The van der Waals surface area contributed by atoms with Gasteiger partial charge in [-0.3, -0.25) is 4.79 Å². The standard InChI is InChI=1S/C24H23FN2O4/c1-24(2,27-23(30)31-15-16-7-13-19(25)14-8-16)18-11-9-17(10-12-18)22(29)26-20-5-3-4-6-21(20)28/h3-14,28H,15H2,1-2H3,(H,26,29)(H,27,30). The van der Waals surface area contributed by atoms with Gasteiger partial charge in [0.05, 0.1) is 11.2 Å². The molecule has 0 aliphatic heterocycles. The Balaban J connectivity index is 1.59. The lowest BCUT2D eigenvalue weighted by molar-refractivity contribution is 0.102. The fourth-order valence-corrected chi connectivity index (χ4v) is 2.91. The van der Waals surface area contributed by atoms with Gasteiger partial charge in [0, 0.05) is 5.56 Å². The second-order valence-electron chi connectivity index (χ2n) is 7.50. The fourth-order valence-electron chi connectivity index (χ4n) is 2.91. The van der Waals surface area contributed by atoms with Gasteiger partial charge in [0.15, 0.2) is 0 Å². The molecule has 3 aromatic carbocycles. The zero-order valence-corrected chi connectivity index (χ0v) is 17.2. The van der Waals surface area contributed by atoms with E-state index in [0.29, 0.717) is 16.8 Å². The molecule has 3 rings (SSSR count). The second kappa shape index (κ2) is 9.30. The molecule has 0 spiro atoms. The van der Waals surface area contributed by atoms with Crippen LogP contribution in [0.3, 0.4) is 0 Å².